The summed E-state index contributed by atoms with van der Waals surface area (Å²) < 4.78 is 7.38. The van der Waals surface area contributed by atoms with Crippen molar-refractivity contribution in [1.82, 2.24) is 19.7 Å². The molecule has 0 N–H and O–H groups in total. The monoisotopic (exact) mass is 422 g/mol. The van der Waals surface area contributed by atoms with Crippen LogP contribution in [0.15, 0.2) is 59.1 Å². The zero-order valence-electron chi connectivity index (χ0n) is 16.6. The van der Waals surface area contributed by atoms with E-state index in [9.17, 15) is 0 Å². The lowest BCUT2D eigenvalue weighted by molar-refractivity contribution is 0.415. The van der Waals surface area contributed by atoms with Crippen LogP contribution in [0.4, 0.5) is 0 Å². The second-order valence-corrected chi connectivity index (χ2v) is 8.38. The molecule has 148 valence electrons. The number of aryl methyl sites for hydroxylation is 1. The highest BCUT2D eigenvalue weighted by Crippen LogP contribution is 2.30. The molecule has 4 aromatic rings. The second kappa shape index (κ2) is 8.80. The van der Waals surface area contributed by atoms with Crippen molar-refractivity contribution in [2.75, 3.05) is 7.11 Å². The van der Waals surface area contributed by atoms with Crippen molar-refractivity contribution < 1.29 is 4.74 Å². The maximum absolute atomic E-state index is 5.24. The molecule has 0 atom stereocenters. The molecule has 0 fully saturated rings. The van der Waals surface area contributed by atoms with Gasteiger partial charge in [-0.25, -0.2) is 4.98 Å². The summed E-state index contributed by atoms with van der Waals surface area (Å²) in [5, 5.41) is 12.9. The van der Waals surface area contributed by atoms with E-state index in [1.165, 1.54) is 11.1 Å². The third kappa shape index (κ3) is 4.36. The van der Waals surface area contributed by atoms with Gasteiger partial charge in [0.1, 0.15) is 10.8 Å². The molecule has 0 aliphatic carbocycles. The second-order valence-electron chi connectivity index (χ2n) is 6.58. The molecule has 7 heteroatoms. The Morgan fingerprint density at radius 1 is 1.07 bits per heavy atom. The van der Waals surface area contributed by atoms with Gasteiger partial charge in [0.05, 0.1) is 12.8 Å². The molecule has 5 nitrogen and oxygen atoms in total. The minimum atomic E-state index is 0.767. The van der Waals surface area contributed by atoms with Gasteiger partial charge in [0.15, 0.2) is 11.0 Å². The van der Waals surface area contributed by atoms with E-state index in [0.717, 1.165) is 45.3 Å². The van der Waals surface area contributed by atoms with Gasteiger partial charge in [-0.1, -0.05) is 35.5 Å². The lowest BCUT2D eigenvalue weighted by Crippen LogP contribution is -2.00. The molecule has 0 unspecified atom stereocenters. The lowest BCUT2D eigenvalue weighted by atomic mass is 10.1. The van der Waals surface area contributed by atoms with Gasteiger partial charge in [-0.3, -0.25) is 0 Å². The number of nitrogens with zero attached hydrogens (tertiary/aromatic N) is 4. The molecule has 0 spiro atoms. The summed E-state index contributed by atoms with van der Waals surface area (Å²) in [6, 6.07) is 16.4. The Kier molecular flexibility index (Phi) is 5.97. The van der Waals surface area contributed by atoms with Gasteiger partial charge in [-0.2, -0.15) is 0 Å². The Balaban J connectivity index is 1.50. The Bertz CT molecular complexity index is 1100. The van der Waals surface area contributed by atoms with Gasteiger partial charge in [0.2, 0.25) is 0 Å². The van der Waals surface area contributed by atoms with Crippen LogP contribution in [-0.2, 0) is 12.3 Å². The number of rotatable bonds is 7. The van der Waals surface area contributed by atoms with Crippen LogP contribution < -0.4 is 4.74 Å². The lowest BCUT2D eigenvalue weighted by Gasteiger charge is -2.07. The van der Waals surface area contributed by atoms with Crippen LogP contribution in [0, 0.1) is 6.92 Å². The quantitative estimate of drug-likeness (QED) is 0.358. The molecule has 0 aliphatic rings. The number of hydrogen-bond donors (Lipinski definition) is 0. The zero-order valence-corrected chi connectivity index (χ0v) is 18.3. The van der Waals surface area contributed by atoms with Crippen molar-refractivity contribution in [3.8, 4) is 27.7 Å². The van der Waals surface area contributed by atoms with E-state index in [2.05, 4.69) is 58.3 Å². The smallest absolute Gasteiger partial charge is 0.191 e. The molecule has 0 saturated heterocycles. The van der Waals surface area contributed by atoms with Crippen molar-refractivity contribution in [3.63, 3.8) is 0 Å². The molecule has 2 aromatic heterocycles. The number of methoxy groups -OCH3 is 1. The van der Waals surface area contributed by atoms with Crippen molar-refractivity contribution in [1.29, 1.82) is 0 Å². The standard InChI is InChI=1S/C22H22N4OS2/c1-4-26-20(16-8-10-19(27-3)11-9-16)24-25-22(26)29-14-18-13-28-21(23-18)17-7-5-6-15(2)12-17/h5-13H,4,14H2,1-3H3. The summed E-state index contributed by atoms with van der Waals surface area (Å²) in [6.07, 6.45) is 0. The molecule has 2 heterocycles. The molecule has 0 aliphatic heterocycles. The average Bonchev–Trinajstić information content (AvgIpc) is 3.39. The highest BCUT2D eigenvalue weighted by Gasteiger charge is 2.14. The van der Waals surface area contributed by atoms with Gasteiger partial charge in [0.25, 0.3) is 0 Å². The highest BCUT2D eigenvalue weighted by molar-refractivity contribution is 7.98. The number of aromatic nitrogens is 4. The van der Waals surface area contributed by atoms with Gasteiger partial charge < -0.3 is 9.30 Å². The molecule has 0 radical (unpaired) electrons. The van der Waals surface area contributed by atoms with E-state index >= 15 is 0 Å². The first-order valence-corrected chi connectivity index (χ1v) is 11.3. The molecule has 2 aromatic carbocycles. The first kappa shape index (κ1) is 19.7. The van der Waals surface area contributed by atoms with E-state index in [4.69, 9.17) is 9.72 Å². The Hall–Kier alpha value is -2.64. The van der Waals surface area contributed by atoms with E-state index < -0.39 is 0 Å². The van der Waals surface area contributed by atoms with Gasteiger partial charge >= 0.3 is 0 Å². The van der Waals surface area contributed by atoms with E-state index in [-0.39, 0.29) is 0 Å². The van der Waals surface area contributed by atoms with Gasteiger partial charge in [0, 0.05) is 28.8 Å². The molecule has 0 amide bonds. The summed E-state index contributed by atoms with van der Waals surface area (Å²) in [4.78, 5) is 4.80. The Morgan fingerprint density at radius 2 is 1.90 bits per heavy atom. The van der Waals surface area contributed by atoms with E-state index in [1.54, 1.807) is 30.2 Å². The number of thioether (sulfide) groups is 1. The summed E-state index contributed by atoms with van der Waals surface area (Å²) in [5.74, 6) is 2.47. The SMILES string of the molecule is CCn1c(SCc2csc(-c3cccc(C)c3)n2)nnc1-c1ccc(OC)cc1. The van der Waals surface area contributed by atoms with Crippen LogP contribution in [0.25, 0.3) is 22.0 Å². The Morgan fingerprint density at radius 3 is 2.62 bits per heavy atom. The van der Waals surface area contributed by atoms with Crippen LogP contribution in [0.5, 0.6) is 5.75 Å². The predicted octanol–water partition coefficient (Wildman–Crippen LogP) is 5.70. The molecular weight excluding hydrogens is 400 g/mol. The van der Waals surface area contributed by atoms with Crippen molar-refractivity contribution in [2.45, 2.75) is 31.3 Å². The van der Waals surface area contributed by atoms with Crippen LogP contribution in [-0.4, -0.2) is 26.9 Å². The maximum atomic E-state index is 5.24. The van der Waals surface area contributed by atoms with E-state index in [0.29, 0.717) is 0 Å². The number of benzene rings is 2. The van der Waals surface area contributed by atoms with Crippen LogP contribution in [0.2, 0.25) is 0 Å². The first-order valence-electron chi connectivity index (χ1n) is 9.39. The summed E-state index contributed by atoms with van der Waals surface area (Å²) in [6.45, 7) is 5.02. The van der Waals surface area contributed by atoms with Crippen LogP contribution in [0.1, 0.15) is 18.2 Å². The molecular formula is C22H22N4OS2. The Labute approximate surface area is 178 Å². The third-order valence-electron chi connectivity index (χ3n) is 4.55. The third-order valence-corrected chi connectivity index (χ3v) is 6.49. The van der Waals surface area contributed by atoms with E-state index in [1.807, 2.05) is 24.3 Å². The van der Waals surface area contributed by atoms with Crippen molar-refractivity contribution >= 4 is 23.1 Å². The number of ether oxygens (including phenoxy) is 1. The predicted molar refractivity (Wildman–Crippen MR) is 120 cm³/mol. The van der Waals surface area contributed by atoms with Crippen molar-refractivity contribution in [3.05, 3.63) is 65.2 Å². The normalized spacial score (nSPS) is 11.0. The van der Waals surface area contributed by atoms with Crippen molar-refractivity contribution in [2.24, 2.45) is 0 Å². The van der Waals surface area contributed by atoms with Crippen LogP contribution in [0.3, 0.4) is 0 Å². The van der Waals surface area contributed by atoms with Gasteiger partial charge in [-0.05, 0) is 44.2 Å². The molecule has 29 heavy (non-hydrogen) atoms. The molecule has 4 rings (SSSR count). The first-order chi connectivity index (χ1) is 14.2. The summed E-state index contributed by atoms with van der Waals surface area (Å²) in [5.41, 5.74) is 4.51. The summed E-state index contributed by atoms with van der Waals surface area (Å²) >= 11 is 3.35. The zero-order chi connectivity index (χ0) is 20.2. The van der Waals surface area contributed by atoms with Gasteiger partial charge in [-0.15, -0.1) is 21.5 Å². The minimum Gasteiger partial charge on any atom is -0.497 e. The number of thiazole rings is 1. The minimum absolute atomic E-state index is 0.767. The summed E-state index contributed by atoms with van der Waals surface area (Å²) in [7, 11) is 1.67. The maximum Gasteiger partial charge on any atom is 0.191 e. The van der Waals surface area contributed by atoms with Crippen LogP contribution >= 0.6 is 23.1 Å². The molecule has 0 bridgehead atoms. The highest BCUT2D eigenvalue weighted by atomic mass is 32.2. The molecule has 0 saturated carbocycles. The fraction of sp³-hybridized carbons (Fsp3) is 0.227. The fourth-order valence-electron chi connectivity index (χ4n) is 3.06. The number of hydrogen-bond acceptors (Lipinski definition) is 6. The topological polar surface area (TPSA) is 52.8 Å². The average molecular weight is 423 g/mol. The fourth-order valence-corrected chi connectivity index (χ4v) is 4.87. The largest absolute Gasteiger partial charge is 0.497 e.